The smallest absolute Gasteiger partial charge is 0.338 e. The monoisotopic (exact) mass is 400 g/mol. The van der Waals surface area contributed by atoms with E-state index in [1.807, 2.05) is 12.1 Å². The van der Waals surface area contributed by atoms with Gasteiger partial charge in [0.1, 0.15) is 0 Å². The van der Waals surface area contributed by atoms with Gasteiger partial charge in [0.2, 0.25) is 0 Å². The first kappa shape index (κ1) is 20.9. The molecular weight excluding hydrogens is 372 g/mol. The van der Waals surface area contributed by atoms with E-state index in [9.17, 15) is 14.4 Å². The van der Waals surface area contributed by atoms with Crippen molar-refractivity contribution in [2.45, 2.75) is 46.0 Å². The number of aromatic amines is 1. The predicted molar refractivity (Wildman–Crippen MR) is 109 cm³/mol. The number of amides is 1. The summed E-state index contributed by atoms with van der Waals surface area (Å²) in [5.74, 6) is -0.571. The van der Waals surface area contributed by atoms with Gasteiger partial charge < -0.3 is 19.8 Å². The van der Waals surface area contributed by atoms with Crippen LogP contribution in [0.5, 0.6) is 0 Å². The van der Waals surface area contributed by atoms with E-state index < -0.39 is 11.9 Å². The molecule has 1 aliphatic rings. The highest BCUT2D eigenvalue weighted by molar-refractivity contribution is 5.97. The summed E-state index contributed by atoms with van der Waals surface area (Å²) in [6.07, 6.45) is 3.92. The topological polar surface area (TPSA) is 97.5 Å². The number of ether oxygens (including phenoxy) is 2. The summed E-state index contributed by atoms with van der Waals surface area (Å²) < 4.78 is 9.96. The lowest BCUT2D eigenvalue weighted by Crippen LogP contribution is -2.30. The van der Waals surface area contributed by atoms with Crippen LogP contribution < -0.4 is 5.32 Å². The molecule has 7 nitrogen and oxygen atoms in total. The van der Waals surface area contributed by atoms with Crippen LogP contribution in [0, 0.1) is 5.92 Å². The number of aryl methyl sites for hydroxylation is 1. The minimum atomic E-state index is -0.521. The summed E-state index contributed by atoms with van der Waals surface area (Å²) in [5, 5.41) is 3.69. The summed E-state index contributed by atoms with van der Waals surface area (Å²) in [6, 6.07) is 5.46. The molecule has 0 bridgehead atoms. The fourth-order valence-corrected chi connectivity index (χ4v) is 3.68. The molecule has 1 heterocycles. The molecule has 1 amide bonds. The maximum absolute atomic E-state index is 12.4. The quantitative estimate of drug-likeness (QED) is 0.525. The van der Waals surface area contributed by atoms with Crippen LogP contribution in [0.1, 0.15) is 54.7 Å². The second-order valence-corrected chi connectivity index (χ2v) is 7.53. The molecule has 0 saturated heterocycles. The Labute approximate surface area is 170 Å². The van der Waals surface area contributed by atoms with Gasteiger partial charge in [-0.15, -0.1) is 0 Å². The number of benzene rings is 1. The van der Waals surface area contributed by atoms with Gasteiger partial charge in [-0.3, -0.25) is 9.59 Å². The number of H-pyrrole nitrogens is 1. The van der Waals surface area contributed by atoms with Crippen molar-refractivity contribution < 1.29 is 23.9 Å². The first-order valence-electron chi connectivity index (χ1n) is 10.2. The number of nitrogens with one attached hydrogen (secondary N) is 2. The number of esters is 2. The summed E-state index contributed by atoms with van der Waals surface area (Å²) in [7, 11) is 0. The van der Waals surface area contributed by atoms with Crippen LogP contribution in [-0.2, 0) is 31.9 Å². The number of rotatable bonds is 8. The Bertz CT molecular complexity index is 902. The van der Waals surface area contributed by atoms with Crippen molar-refractivity contribution in [3.63, 3.8) is 0 Å². The van der Waals surface area contributed by atoms with E-state index in [1.165, 1.54) is 17.7 Å². The Kier molecular flexibility index (Phi) is 6.90. The molecule has 2 N–H and O–H groups in total. The Morgan fingerprint density at radius 3 is 2.86 bits per heavy atom. The fourth-order valence-electron chi connectivity index (χ4n) is 3.68. The average molecular weight is 400 g/mol. The van der Waals surface area contributed by atoms with E-state index >= 15 is 0 Å². The number of fused-ring (bicyclic) bond motifs is 3. The van der Waals surface area contributed by atoms with Crippen LogP contribution in [0.25, 0.3) is 10.9 Å². The molecule has 0 radical (unpaired) electrons. The van der Waals surface area contributed by atoms with Crippen molar-refractivity contribution in [3.05, 3.63) is 35.0 Å². The minimum Gasteiger partial charge on any atom is -0.466 e. The van der Waals surface area contributed by atoms with Gasteiger partial charge in [0.25, 0.3) is 5.91 Å². The molecule has 1 aromatic carbocycles. The van der Waals surface area contributed by atoms with Crippen LogP contribution in [-0.4, -0.2) is 42.6 Å². The van der Waals surface area contributed by atoms with Crippen molar-refractivity contribution in [1.29, 1.82) is 0 Å². The minimum absolute atomic E-state index is 0.244. The zero-order valence-corrected chi connectivity index (χ0v) is 17.0. The van der Waals surface area contributed by atoms with Gasteiger partial charge >= 0.3 is 11.9 Å². The standard InChI is InChI=1S/C22H28N2O5/c1-3-28-21(26)5-4-10-23-20(25)13-29-22(27)15-7-9-19-17(12-15)16-11-14(2)6-8-18(16)24-19/h7,9,12,14,24H,3-6,8,10-11,13H2,1-2H3,(H,23,25). The van der Waals surface area contributed by atoms with E-state index in [2.05, 4.69) is 17.2 Å². The number of carbonyl (C=O) groups excluding carboxylic acids is 3. The number of aromatic nitrogens is 1. The molecule has 2 aromatic rings. The highest BCUT2D eigenvalue weighted by atomic mass is 16.5. The Morgan fingerprint density at radius 2 is 2.07 bits per heavy atom. The van der Waals surface area contributed by atoms with Gasteiger partial charge in [0.05, 0.1) is 12.2 Å². The fraction of sp³-hybridized carbons (Fsp3) is 0.500. The van der Waals surface area contributed by atoms with E-state index in [0.717, 1.165) is 23.7 Å². The third kappa shape index (κ3) is 5.37. The second kappa shape index (κ2) is 9.58. The number of hydrogen-bond donors (Lipinski definition) is 2. The van der Waals surface area contributed by atoms with Crippen molar-refractivity contribution in [3.8, 4) is 0 Å². The Morgan fingerprint density at radius 1 is 1.24 bits per heavy atom. The van der Waals surface area contributed by atoms with Crippen LogP contribution in [0.4, 0.5) is 0 Å². The first-order valence-corrected chi connectivity index (χ1v) is 10.2. The number of carbonyl (C=O) groups is 3. The SMILES string of the molecule is CCOC(=O)CCCNC(=O)COC(=O)c1ccc2[nH]c3c(c2c1)CC(C)CC3. The average Bonchev–Trinajstić information content (AvgIpc) is 3.06. The molecule has 156 valence electrons. The van der Waals surface area contributed by atoms with Crippen LogP contribution >= 0.6 is 0 Å². The highest BCUT2D eigenvalue weighted by Crippen LogP contribution is 2.32. The molecule has 1 aromatic heterocycles. The Hall–Kier alpha value is -2.83. The van der Waals surface area contributed by atoms with Gasteiger partial charge in [-0.25, -0.2) is 4.79 Å². The van der Waals surface area contributed by atoms with Gasteiger partial charge in [-0.05, 0) is 62.3 Å². The third-order valence-electron chi connectivity index (χ3n) is 5.19. The van der Waals surface area contributed by atoms with E-state index in [0.29, 0.717) is 31.1 Å². The van der Waals surface area contributed by atoms with Crippen molar-refractivity contribution in [2.75, 3.05) is 19.8 Å². The number of hydrogen-bond acceptors (Lipinski definition) is 5. The van der Waals surface area contributed by atoms with E-state index in [1.54, 1.807) is 13.0 Å². The second-order valence-electron chi connectivity index (χ2n) is 7.53. The molecule has 0 spiro atoms. The largest absolute Gasteiger partial charge is 0.466 e. The third-order valence-corrected chi connectivity index (χ3v) is 5.19. The summed E-state index contributed by atoms with van der Waals surface area (Å²) >= 11 is 0. The van der Waals surface area contributed by atoms with Crippen molar-refractivity contribution in [2.24, 2.45) is 5.92 Å². The molecule has 29 heavy (non-hydrogen) atoms. The summed E-state index contributed by atoms with van der Waals surface area (Å²) in [6.45, 7) is 4.31. The molecule has 1 atom stereocenters. The molecule has 0 fully saturated rings. The maximum Gasteiger partial charge on any atom is 0.338 e. The molecule has 1 aliphatic carbocycles. The van der Waals surface area contributed by atoms with Gasteiger partial charge in [-0.2, -0.15) is 0 Å². The van der Waals surface area contributed by atoms with Crippen LogP contribution in [0.3, 0.4) is 0 Å². The molecule has 1 unspecified atom stereocenters. The van der Waals surface area contributed by atoms with Gasteiger partial charge in [-0.1, -0.05) is 6.92 Å². The lowest BCUT2D eigenvalue weighted by Gasteiger charge is -2.18. The lowest BCUT2D eigenvalue weighted by molar-refractivity contribution is -0.143. The van der Waals surface area contributed by atoms with E-state index in [4.69, 9.17) is 9.47 Å². The van der Waals surface area contributed by atoms with Gasteiger partial charge in [0, 0.05) is 29.6 Å². The summed E-state index contributed by atoms with van der Waals surface area (Å²) in [4.78, 5) is 38.9. The first-order chi connectivity index (χ1) is 14.0. The zero-order valence-electron chi connectivity index (χ0n) is 17.0. The molecule has 7 heteroatoms. The van der Waals surface area contributed by atoms with Gasteiger partial charge in [0.15, 0.2) is 6.61 Å². The van der Waals surface area contributed by atoms with Crippen LogP contribution in [0.15, 0.2) is 18.2 Å². The predicted octanol–water partition coefficient (Wildman–Crippen LogP) is 2.91. The van der Waals surface area contributed by atoms with Crippen LogP contribution in [0.2, 0.25) is 0 Å². The maximum atomic E-state index is 12.4. The normalized spacial score (nSPS) is 15.6. The lowest BCUT2D eigenvalue weighted by atomic mass is 9.87. The van der Waals surface area contributed by atoms with Crippen molar-refractivity contribution in [1.82, 2.24) is 10.3 Å². The summed E-state index contributed by atoms with van der Waals surface area (Å²) in [5.41, 5.74) is 4.01. The zero-order chi connectivity index (χ0) is 20.8. The van der Waals surface area contributed by atoms with Crippen molar-refractivity contribution >= 4 is 28.7 Å². The highest BCUT2D eigenvalue weighted by Gasteiger charge is 2.21. The van der Waals surface area contributed by atoms with E-state index in [-0.39, 0.29) is 19.0 Å². The molecule has 3 rings (SSSR count). The molecular formula is C22H28N2O5. The molecule has 0 aliphatic heterocycles. The molecule has 0 saturated carbocycles. The Balaban J connectivity index is 1.50.